The van der Waals surface area contributed by atoms with Crippen molar-refractivity contribution < 1.29 is 14.9 Å². The van der Waals surface area contributed by atoms with Crippen molar-refractivity contribution in [3.8, 4) is 11.5 Å². The van der Waals surface area contributed by atoms with Crippen molar-refractivity contribution in [1.29, 1.82) is 0 Å². The second kappa shape index (κ2) is 5.04. The van der Waals surface area contributed by atoms with Crippen molar-refractivity contribution in [1.82, 2.24) is 0 Å². The minimum absolute atomic E-state index is 0.0692. The van der Waals surface area contributed by atoms with Gasteiger partial charge in [-0.3, -0.25) is 0 Å². The lowest BCUT2D eigenvalue weighted by molar-refractivity contribution is 0.0911. The Balaban J connectivity index is 1.77. The first-order chi connectivity index (χ1) is 9.19. The minimum atomic E-state index is -0.0692. The number of phenolic OH excluding ortho intramolecular Hbond substituents is 1. The van der Waals surface area contributed by atoms with E-state index < -0.39 is 0 Å². The average molecular weight is 262 g/mol. The van der Waals surface area contributed by atoms with Crippen molar-refractivity contribution in [3.63, 3.8) is 0 Å². The quantitative estimate of drug-likeness (QED) is 0.861. The highest BCUT2D eigenvalue weighted by atomic mass is 16.5. The second-order valence-corrected chi connectivity index (χ2v) is 6.01. The van der Waals surface area contributed by atoms with Gasteiger partial charge in [-0.1, -0.05) is 6.07 Å². The van der Waals surface area contributed by atoms with Crippen molar-refractivity contribution in [2.45, 2.75) is 44.1 Å². The Morgan fingerprint density at radius 1 is 1.16 bits per heavy atom. The Labute approximate surface area is 114 Å². The molecular weight excluding hydrogens is 240 g/mol. The zero-order chi connectivity index (χ0) is 13.4. The average Bonchev–Trinajstić information content (AvgIpc) is 2.80. The van der Waals surface area contributed by atoms with Gasteiger partial charge in [0.15, 0.2) is 11.5 Å². The van der Waals surface area contributed by atoms with Gasteiger partial charge in [-0.25, -0.2) is 0 Å². The topological polar surface area (TPSA) is 49.7 Å². The number of aliphatic hydroxyl groups is 1. The zero-order valence-corrected chi connectivity index (χ0v) is 11.4. The van der Waals surface area contributed by atoms with E-state index >= 15 is 0 Å². The van der Waals surface area contributed by atoms with Crippen LogP contribution in [0, 0.1) is 11.8 Å². The molecular formula is C16H22O3. The summed E-state index contributed by atoms with van der Waals surface area (Å²) in [7, 11) is 1.59. The van der Waals surface area contributed by atoms with Crippen LogP contribution in [0.25, 0.3) is 0 Å². The van der Waals surface area contributed by atoms with Gasteiger partial charge in [0.25, 0.3) is 0 Å². The van der Waals surface area contributed by atoms with Crippen LogP contribution in [0.2, 0.25) is 0 Å². The van der Waals surface area contributed by atoms with Crippen molar-refractivity contribution in [2.24, 2.45) is 11.8 Å². The molecule has 4 unspecified atom stereocenters. The molecule has 2 saturated carbocycles. The molecule has 1 aromatic carbocycles. The van der Waals surface area contributed by atoms with E-state index in [1.165, 1.54) is 5.56 Å². The molecule has 1 aromatic rings. The Kier molecular flexibility index (Phi) is 3.40. The van der Waals surface area contributed by atoms with Crippen molar-refractivity contribution >= 4 is 0 Å². The molecule has 2 N–H and O–H groups in total. The van der Waals surface area contributed by atoms with E-state index in [4.69, 9.17) is 4.74 Å². The van der Waals surface area contributed by atoms with E-state index in [0.29, 0.717) is 23.5 Å². The molecule has 0 spiro atoms. The summed E-state index contributed by atoms with van der Waals surface area (Å²) in [6.07, 6.45) is 5.49. The third-order valence-electron chi connectivity index (χ3n) is 5.04. The number of ether oxygens (including phenoxy) is 1. The van der Waals surface area contributed by atoms with Gasteiger partial charge in [-0.05, 0) is 67.6 Å². The van der Waals surface area contributed by atoms with Gasteiger partial charge in [0.2, 0.25) is 0 Å². The fourth-order valence-electron chi connectivity index (χ4n) is 3.98. The number of hydrogen-bond acceptors (Lipinski definition) is 3. The summed E-state index contributed by atoms with van der Waals surface area (Å²) in [5, 5.41) is 19.6. The van der Waals surface area contributed by atoms with Crippen LogP contribution >= 0.6 is 0 Å². The number of phenols is 1. The number of fused-ring (bicyclic) bond motifs is 1. The summed E-state index contributed by atoms with van der Waals surface area (Å²) in [5.74, 6) is 2.51. The van der Waals surface area contributed by atoms with Gasteiger partial charge in [-0.15, -0.1) is 0 Å². The molecule has 0 aliphatic heterocycles. The number of aromatic hydroxyl groups is 1. The van der Waals surface area contributed by atoms with E-state index in [2.05, 4.69) is 0 Å². The van der Waals surface area contributed by atoms with Crippen LogP contribution in [-0.4, -0.2) is 23.4 Å². The first-order valence-corrected chi connectivity index (χ1v) is 7.24. The van der Waals surface area contributed by atoms with E-state index in [-0.39, 0.29) is 11.9 Å². The summed E-state index contributed by atoms with van der Waals surface area (Å²) in [6.45, 7) is 0. The molecule has 0 amide bonds. The van der Waals surface area contributed by atoms with Crippen LogP contribution < -0.4 is 4.74 Å². The van der Waals surface area contributed by atoms with Gasteiger partial charge < -0.3 is 14.9 Å². The van der Waals surface area contributed by atoms with Crippen molar-refractivity contribution in [2.75, 3.05) is 7.11 Å². The zero-order valence-electron chi connectivity index (χ0n) is 11.4. The van der Waals surface area contributed by atoms with Crippen LogP contribution in [0.15, 0.2) is 18.2 Å². The highest BCUT2D eigenvalue weighted by molar-refractivity contribution is 5.43. The molecule has 3 heteroatoms. The lowest BCUT2D eigenvalue weighted by Crippen LogP contribution is -2.25. The Morgan fingerprint density at radius 2 is 2.00 bits per heavy atom. The van der Waals surface area contributed by atoms with Crippen LogP contribution in [0.4, 0.5) is 0 Å². The summed E-state index contributed by atoms with van der Waals surface area (Å²) >= 11 is 0. The van der Waals surface area contributed by atoms with Crippen LogP contribution in [-0.2, 0) is 0 Å². The van der Waals surface area contributed by atoms with Crippen LogP contribution in [0.1, 0.15) is 43.6 Å². The SMILES string of the molecule is COc1cc(C2CCC3C(O)CCC3C2)ccc1O. The lowest BCUT2D eigenvalue weighted by Gasteiger charge is -2.33. The Hall–Kier alpha value is -1.22. The standard InChI is InChI=1S/C16H22O3/c1-19-16-9-11(3-7-15(16)18)10-2-5-13-12(8-10)4-6-14(13)17/h3,7,9-10,12-14,17-18H,2,4-6,8H2,1H3. The van der Waals surface area contributed by atoms with E-state index in [9.17, 15) is 10.2 Å². The fourth-order valence-corrected chi connectivity index (χ4v) is 3.98. The number of hydrogen-bond donors (Lipinski definition) is 2. The Morgan fingerprint density at radius 3 is 2.79 bits per heavy atom. The smallest absolute Gasteiger partial charge is 0.160 e. The predicted octanol–water partition coefficient (Wildman–Crippen LogP) is 3.06. The third-order valence-corrected chi connectivity index (χ3v) is 5.04. The maximum Gasteiger partial charge on any atom is 0.160 e. The van der Waals surface area contributed by atoms with Crippen molar-refractivity contribution in [3.05, 3.63) is 23.8 Å². The fraction of sp³-hybridized carbons (Fsp3) is 0.625. The number of methoxy groups -OCH3 is 1. The van der Waals surface area contributed by atoms with E-state index in [1.807, 2.05) is 12.1 Å². The Bertz CT molecular complexity index is 457. The van der Waals surface area contributed by atoms with Gasteiger partial charge in [0.1, 0.15) is 0 Å². The normalized spacial score (nSPS) is 34.0. The largest absolute Gasteiger partial charge is 0.504 e. The molecule has 104 valence electrons. The summed E-state index contributed by atoms with van der Waals surface area (Å²) in [4.78, 5) is 0. The van der Waals surface area contributed by atoms with Gasteiger partial charge >= 0.3 is 0 Å². The molecule has 3 nitrogen and oxygen atoms in total. The maximum atomic E-state index is 9.95. The van der Waals surface area contributed by atoms with E-state index in [1.54, 1.807) is 13.2 Å². The molecule has 0 saturated heterocycles. The molecule has 2 fully saturated rings. The number of aliphatic hydroxyl groups excluding tert-OH is 1. The van der Waals surface area contributed by atoms with Gasteiger partial charge in [-0.2, -0.15) is 0 Å². The molecule has 2 aliphatic carbocycles. The minimum Gasteiger partial charge on any atom is -0.504 e. The first-order valence-electron chi connectivity index (χ1n) is 7.24. The predicted molar refractivity (Wildman–Crippen MR) is 73.5 cm³/mol. The molecule has 4 atom stereocenters. The summed E-state index contributed by atoms with van der Waals surface area (Å²) < 4.78 is 5.19. The van der Waals surface area contributed by atoms with Crippen LogP contribution in [0.3, 0.4) is 0 Å². The molecule has 0 bridgehead atoms. The molecule has 0 radical (unpaired) electrons. The van der Waals surface area contributed by atoms with E-state index in [0.717, 1.165) is 32.1 Å². The second-order valence-electron chi connectivity index (χ2n) is 6.01. The highest BCUT2D eigenvalue weighted by Gasteiger charge is 2.39. The maximum absolute atomic E-state index is 9.95. The van der Waals surface area contributed by atoms with Gasteiger partial charge in [0.05, 0.1) is 13.2 Å². The monoisotopic (exact) mass is 262 g/mol. The lowest BCUT2D eigenvalue weighted by atomic mass is 9.73. The third kappa shape index (κ3) is 2.32. The first kappa shape index (κ1) is 12.8. The molecule has 2 aliphatic rings. The van der Waals surface area contributed by atoms with Crippen LogP contribution in [0.5, 0.6) is 11.5 Å². The van der Waals surface area contributed by atoms with Gasteiger partial charge in [0, 0.05) is 0 Å². The molecule has 0 aromatic heterocycles. The number of rotatable bonds is 2. The summed E-state index contributed by atoms with van der Waals surface area (Å²) in [5.41, 5.74) is 1.26. The number of benzene rings is 1. The molecule has 0 heterocycles. The molecule has 19 heavy (non-hydrogen) atoms. The summed E-state index contributed by atoms with van der Waals surface area (Å²) in [6, 6.07) is 5.70. The molecule has 3 rings (SSSR count). The highest BCUT2D eigenvalue weighted by Crippen LogP contribution is 2.48.